The Hall–Kier alpha value is -1.02. The molecule has 114 valence electrons. The van der Waals surface area contributed by atoms with Crippen LogP contribution < -0.4 is 15.8 Å². The number of anilines is 1. The number of aliphatic imine (C=N–C) groups is 1. The first-order valence-electron chi connectivity index (χ1n) is 6.63. The first-order chi connectivity index (χ1) is 9.19. The van der Waals surface area contributed by atoms with Gasteiger partial charge in [0.1, 0.15) is 5.75 Å². The number of rotatable bonds is 7. The van der Waals surface area contributed by atoms with Gasteiger partial charge >= 0.3 is 0 Å². The summed E-state index contributed by atoms with van der Waals surface area (Å²) < 4.78 is 5.15. The number of nitrogens with two attached hydrogens (primary N) is 1. The Morgan fingerprint density at radius 2 is 2.05 bits per heavy atom. The van der Waals surface area contributed by atoms with Gasteiger partial charge in [-0.25, -0.2) is 0 Å². The van der Waals surface area contributed by atoms with Crippen molar-refractivity contribution in [2.75, 3.05) is 38.6 Å². The average molecular weight is 392 g/mol. The Balaban J connectivity index is 0.00000361. The van der Waals surface area contributed by atoms with Crippen LogP contribution in [0.2, 0.25) is 0 Å². The van der Waals surface area contributed by atoms with Gasteiger partial charge in [-0.3, -0.25) is 4.99 Å². The van der Waals surface area contributed by atoms with Gasteiger partial charge in [0.05, 0.1) is 13.7 Å². The van der Waals surface area contributed by atoms with Crippen LogP contribution in [-0.2, 0) is 0 Å². The molecule has 0 amide bonds. The van der Waals surface area contributed by atoms with Crippen molar-refractivity contribution in [3.8, 4) is 5.75 Å². The molecule has 20 heavy (non-hydrogen) atoms. The lowest BCUT2D eigenvalue weighted by atomic mass is 10.3. The lowest BCUT2D eigenvalue weighted by Crippen LogP contribution is -2.28. The topological polar surface area (TPSA) is 62.9 Å². The number of ether oxygens (including phenoxy) is 1. The van der Waals surface area contributed by atoms with Crippen LogP contribution in [0.1, 0.15) is 13.8 Å². The van der Waals surface area contributed by atoms with Crippen molar-refractivity contribution >= 4 is 35.6 Å². The largest absolute Gasteiger partial charge is 0.497 e. The second-order valence-corrected chi connectivity index (χ2v) is 4.15. The van der Waals surface area contributed by atoms with Gasteiger partial charge < -0.3 is 20.7 Å². The van der Waals surface area contributed by atoms with Crippen molar-refractivity contribution in [3.05, 3.63) is 24.3 Å². The maximum atomic E-state index is 5.85. The van der Waals surface area contributed by atoms with E-state index in [2.05, 4.69) is 29.1 Å². The highest BCUT2D eigenvalue weighted by atomic mass is 127. The summed E-state index contributed by atoms with van der Waals surface area (Å²) in [6.45, 7) is 7.98. The molecule has 1 rings (SSSR count). The van der Waals surface area contributed by atoms with Gasteiger partial charge in [-0.1, -0.05) is 19.9 Å². The molecule has 0 aliphatic carbocycles. The summed E-state index contributed by atoms with van der Waals surface area (Å²) in [5, 5.41) is 3.06. The Kier molecular flexibility index (Phi) is 10.2. The predicted octanol–water partition coefficient (Wildman–Crippen LogP) is 2.38. The van der Waals surface area contributed by atoms with E-state index in [4.69, 9.17) is 10.5 Å². The molecule has 1 aromatic carbocycles. The predicted molar refractivity (Wildman–Crippen MR) is 96.3 cm³/mol. The van der Waals surface area contributed by atoms with Crippen LogP contribution in [-0.4, -0.2) is 44.1 Å². The van der Waals surface area contributed by atoms with Crippen LogP contribution >= 0.6 is 24.0 Å². The van der Waals surface area contributed by atoms with Gasteiger partial charge in [0.25, 0.3) is 0 Å². The lowest BCUT2D eigenvalue weighted by molar-refractivity contribution is 0.313. The number of hydrogen-bond donors (Lipinski definition) is 2. The van der Waals surface area contributed by atoms with Crippen molar-refractivity contribution in [2.45, 2.75) is 13.8 Å². The zero-order chi connectivity index (χ0) is 14.1. The van der Waals surface area contributed by atoms with Gasteiger partial charge in [0.15, 0.2) is 5.96 Å². The van der Waals surface area contributed by atoms with Crippen LogP contribution in [0.4, 0.5) is 5.69 Å². The van der Waals surface area contributed by atoms with Gasteiger partial charge in [-0.05, 0) is 25.2 Å². The quantitative estimate of drug-likeness (QED) is 0.425. The number of guanidine groups is 1. The van der Waals surface area contributed by atoms with E-state index in [0.717, 1.165) is 31.1 Å². The molecule has 0 saturated heterocycles. The molecule has 0 radical (unpaired) electrons. The van der Waals surface area contributed by atoms with Crippen LogP contribution in [0.3, 0.4) is 0 Å². The SMILES string of the molecule is CCN(CC)CCN=C(N)Nc1cccc(OC)c1.I. The molecule has 3 N–H and O–H groups in total. The smallest absolute Gasteiger partial charge is 0.193 e. The summed E-state index contributed by atoms with van der Waals surface area (Å²) in [5.74, 6) is 1.22. The minimum Gasteiger partial charge on any atom is -0.497 e. The normalized spacial score (nSPS) is 11.1. The zero-order valence-electron chi connectivity index (χ0n) is 12.4. The molecule has 0 heterocycles. The third-order valence-electron chi connectivity index (χ3n) is 2.93. The van der Waals surface area contributed by atoms with Crippen molar-refractivity contribution in [1.29, 1.82) is 0 Å². The van der Waals surface area contributed by atoms with E-state index in [1.807, 2.05) is 24.3 Å². The van der Waals surface area contributed by atoms with Crippen LogP contribution in [0, 0.1) is 0 Å². The fourth-order valence-corrected chi connectivity index (χ4v) is 1.74. The van der Waals surface area contributed by atoms with E-state index in [-0.39, 0.29) is 24.0 Å². The summed E-state index contributed by atoms with van der Waals surface area (Å²) in [7, 11) is 1.64. The average Bonchev–Trinajstić information content (AvgIpc) is 2.44. The second-order valence-electron chi connectivity index (χ2n) is 4.15. The number of nitrogens with one attached hydrogen (secondary N) is 1. The maximum absolute atomic E-state index is 5.85. The van der Waals surface area contributed by atoms with Crippen LogP contribution in [0.5, 0.6) is 5.75 Å². The van der Waals surface area contributed by atoms with E-state index in [1.54, 1.807) is 7.11 Å². The maximum Gasteiger partial charge on any atom is 0.193 e. The highest BCUT2D eigenvalue weighted by Crippen LogP contribution is 2.16. The number of benzene rings is 1. The molecule has 1 aromatic rings. The first-order valence-corrected chi connectivity index (χ1v) is 6.63. The van der Waals surface area contributed by atoms with E-state index >= 15 is 0 Å². The third-order valence-corrected chi connectivity index (χ3v) is 2.93. The molecular weight excluding hydrogens is 367 g/mol. The molecule has 0 bridgehead atoms. The number of nitrogens with zero attached hydrogens (tertiary/aromatic N) is 2. The van der Waals surface area contributed by atoms with Gasteiger partial charge in [0.2, 0.25) is 0 Å². The van der Waals surface area contributed by atoms with E-state index in [1.165, 1.54) is 0 Å². The highest BCUT2D eigenvalue weighted by molar-refractivity contribution is 14.0. The standard InChI is InChI=1S/C14H24N4O.HI/c1-4-18(5-2)10-9-16-14(15)17-12-7-6-8-13(11-12)19-3;/h6-8,11H,4-5,9-10H2,1-3H3,(H3,15,16,17);1H. The summed E-state index contributed by atoms with van der Waals surface area (Å²) in [5.41, 5.74) is 6.72. The summed E-state index contributed by atoms with van der Waals surface area (Å²) in [6.07, 6.45) is 0. The number of halogens is 1. The lowest BCUT2D eigenvalue weighted by Gasteiger charge is -2.16. The minimum atomic E-state index is 0. The van der Waals surface area contributed by atoms with E-state index in [9.17, 15) is 0 Å². The molecule has 0 aliphatic heterocycles. The molecular formula is C14H25IN4O. The Morgan fingerprint density at radius 1 is 1.35 bits per heavy atom. The second kappa shape index (κ2) is 10.7. The molecule has 0 atom stereocenters. The summed E-state index contributed by atoms with van der Waals surface area (Å²) in [4.78, 5) is 6.62. The first kappa shape index (κ1) is 19.0. The summed E-state index contributed by atoms with van der Waals surface area (Å²) in [6, 6.07) is 7.60. The molecule has 0 aliphatic rings. The molecule has 6 heteroatoms. The fraction of sp³-hybridized carbons (Fsp3) is 0.500. The Bertz CT molecular complexity index is 408. The van der Waals surface area contributed by atoms with Crippen molar-refractivity contribution in [1.82, 2.24) is 4.90 Å². The molecule has 0 aromatic heterocycles. The Labute approximate surface area is 138 Å². The molecule has 5 nitrogen and oxygen atoms in total. The van der Waals surface area contributed by atoms with E-state index < -0.39 is 0 Å². The number of hydrogen-bond acceptors (Lipinski definition) is 3. The molecule has 0 fully saturated rings. The number of methoxy groups -OCH3 is 1. The Morgan fingerprint density at radius 3 is 2.65 bits per heavy atom. The van der Waals surface area contributed by atoms with Crippen molar-refractivity contribution in [2.24, 2.45) is 10.7 Å². The van der Waals surface area contributed by atoms with Crippen LogP contribution in [0.25, 0.3) is 0 Å². The molecule has 0 spiro atoms. The van der Waals surface area contributed by atoms with Crippen LogP contribution in [0.15, 0.2) is 29.3 Å². The summed E-state index contributed by atoms with van der Waals surface area (Å²) >= 11 is 0. The van der Waals surface area contributed by atoms with Gasteiger partial charge in [-0.2, -0.15) is 0 Å². The minimum absolute atomic E-state index is 0. The monoisotopic (exact) mass is 392 g/mol. The third kappa shape index (κ3) is 6.95. The van der Waals surface area contributed by atoms with Gasteiger partial charge in [-0.15, -0.1) is 24.0 Å². The zero-order valence-corrected chi connectivity index (χ0v) is 14.8. The molecule has 0 unspecified atom stereocenters. The molecule has 0 saturated carbocycles. The number of likely N-dealkylation sites (N-methyl/N-ethyl adjacent to an activating group) is 1. The highest BCUT2D eigenvalue weighted by Gasteiger charge is 1.99. The van der Waals surface area contributed by atoms with Crippen molar-refractivity contribution in [3.63, 3.8) is 0 Å². The fourth-order valence-electron chi connectivity index (χ4n) is 1.74. The van der Waals surface area contributed by atoms with E-state index in [0.29, 0.717) is 12.5 Å². The van der Waals surface area contributed by atoms with Crippen molar-refractivity contribution < 1.29 is 4.74 Å². The van der Waals surface area contributed by atoms with Gasteiger partial charge in [0, 0.05) is 18.3 Å².